The third-order valence-electron chi connectivity index (χ3n) is 3.73. The highest BCUT2D eigenvalue weighted by Crippen LogP contribution is 2.29. The minimum absolute atomic E-state index is 0.0654. The van der Waals surface area contributed by atoms with Crippen molar-refractivity contribution in [2.24, 2.45) is 5.92 Å². The van der Waals surface area contributed by atoms with Gasteiger partial charge in [0.1, 0.15) is 0 Å². The molecule has 0 bridgehead atoms. The molecule has 3 N–H and O–H groups in total. The van der Waals surface area contributed by atoms with Gasteiger partial charge < -0.3 is 19.8 Å². The lowest BCUT2D eigenvalue weighted by molar-refractivity contribution is -0.00992. The highest BCUT2D eigenvalue weighted by atomic mass is 16.5. The lowest BCUT2D eigenvalue weighted by Crippen LogP contribution is -2.29. The van der Waals surface area contributed by atoms with Crippen LogP contribution < -0.4 is 11.1 Å². The van der Waals surface area contributed by atoms with Crippen LogP contribution in [0.5, 0.6) is 0 Å². The Kier molecular flexibility index (Phi) is 3.42. The van der Waals surface area contributed by atoms with Gasteiger partial charge in [0.2, 0.25) is 0 Å². The van der Waals surface area contributed by atoms with Crippen molar-refractivity contribution in [1.29, 1.82) is 0 Å². The second kappa shape index (κ2) is 5.22. The molecule has 6 nitrogen and oxygen atoms in total. The van der Waals surface area contributed by atoms with Crippen LogP contribution in [0, 0.1) is 5.92 Å². The quantitative estimate of drug-likeness (QED) is 0.703. The van der Waals surface area contributed by atoms with Crippen molar-refractivity contribution < 1.29 is 9.84 Å². The van der Waals surface area contributed by atoms with E-state index in [1.54, 1.807) is 18.2 Å². The van der Waals surface area contributed by atoms with Crippen molar-refractivity contribution in [1.82, 2.24) is 9.97 Å². The minimum atomic E-state index is -0.690. The second-order valence-corrected chi connectivity index (χ2v) is 5.14. The first kappa shape index (κ1) is 13.1. The molecule has 0 aliphatic carbocycles. The van der Waals surface area contributed by atoms with Crippen molar-refractivity contribution in [3.05, 3.63) is 44.5 Å². The number of H-pyrrole nitrogens is 2. The first-order valence-corrected chi connectivity index (χ1v) is 6.67. The molecule has 2 heterocycles. The molecule has 0 spiro atoms. The Labute approximate surface area is 114 Å². The van der Waals surface area contributed by atoms with Gasteiger partial charge in [-0.25, -0.2) is 0 Å². The summed E-state index contributed by atoms with van der Waals surface area (Å²) in [4.78, 5) is 27.6. The number of nitrogens with one attached hydrogen (secondary N) is 2. The summed E-state index contributed by atoms with van der Waals surface area (Å²) in [6, 6.07) is 5.15. The monoisotopic (exact) mass is 276 g/mol. The average molecular weight is 276 g/mol. The zero-order valence-corrected chi connectivity index (χ0v) is 10.9. The fourth-order valence-electron chi connectivity index (χ4n) is 2.60. The third kappa shape index (κ3) is 2.39. The molecule has 6 heteroatoms. The fraction of sp³-hybridized carbons (Fsp3) is 0.429. The van der Waals surface area contributed by atoms with Gasteiger partial charge in [-0.15, -0.1) is 0 Å². The maximum Gasteiger partial charge on any atom is 0.314 e. The molecule has 1 saturated heterocycles. The van der Waals surface area contributed by atoms with Crippen LogP contribution >= 0.6 is 0 Å². The number of aliphatic hydroxyl groups is 1. The van der Waals surface area contributed by atoms with Gasteiger partial charge in [0, 0.05) is 12.5 Å². The molecule has 20 heavy (non-hydrogen) atoms. The number of aromatic amines is 2. The summed E-state index contributed by atoms with van der Waals surface area (Å²) in [5.41, 5.74) is 0.417. The molecule has 3 rings (SSSR count). The Bertz CT molecular complexity index is 728. The first-order chi connectivity index (χ1) is 9.65. The number of benzene rings is 1. The minimum Gasteiger partial charge on any atom is -0.388 e. The van der Waals surface area contributed by atoms with Gasteiger partial charge in [-0.1, -0.05) is 6.07 Å². The van der Waals surface area contributed by atoms with Crippen molar-refractivity contribution in [2.45, 2.75) is 18.9 Å². The lowest BCUT2D eigenvalue weighted by Gasteiger charge is -2.27. The maximum atomic E-state index is 11.3. The van der Waals surface area contributed by atoms with Crippen molar-refractivity contribution in [2.75, 3.05) is 13.2 Å². The van der Waals surface area contributed by atoms with Crippen LogP contribution in [0.15, 0.2) is 27.8 Å². The molecule has 1 fully saturated rings. The number of ether oxygens (including phenoxy) is 1. The van der Waals surface area contributed by atoms with Gasteiger partial charge in [0.15, 0.2) is 0 Å². The zero-order chi connectivity index (χ0) is 14.1. The molecule has 0 radical (unpaired) electrons. The Balaban J connectivity index is 1.97. The first-order valence-electron chi connectivity index (χ1n) is 6.67. The van der Waals surface area contributed by atoms with E-state index in [0.717, 1.165) is 25.0 Å². The number of aliphatic hydroxyl groups excluding tert-OH is 1. The predicted molar refractivity (Wildman–Crippen MR) is 73.7 cm³/mol. The fourth-order valence-corrected chi connectivity index (χ4v) is 2.60. The normalized spacial score (nSPS) is 20.9. The van der Waals surface area contributed by atoms with Crippen molar-refractivity contribution >= 4 is 11.0 Å². The van der Waals surface area contributed by atoms with E-state index in [1.165, 1.54) is 0 Å². The Morgan fingerprint density at radius 3 is 2.65 bits per heavy atom. The standard InChI is InChI=1S/C14H16N2O4/c17-12(9-2-1-5-20-7-9)8-3-4-10-11(6-8)16-14(19)13(18)15-10/h3-4,6,9,12,17H,1-2,5,7H2,(H,15,18)(H,16,19). The van der Waals surface area contributed by atoms with Gasteiger partial charge in [-0.3, -0.25) is 9.59 Å². The van der Waals surface area contributed by atoms with Gasteiger partial charge in [0.25, 0.3) is 0 Å². The summed E-state index contributed by atoms with van der Waals surface area (Å²) in [7, 11) is 0. The van der Waals surface area contributed by atoms with Crippen molar-refractivity contribution in [3.8, 4) is 0 Å². The van der Waals surface area contributed by atoms with Gasteiger partial charge in [0.05, 0.1) is 23.7 Å². The highest BCUT2D eigenvalue weighted by Gasteiger charge is 2.23. The van der Waals surface area contributed by atoms with E-state index in [2.05, 4.69) is 9.97 Å². The van der Waals surface area contributed by atoms with Crippen molar-refractivity contribution in [3.63, 3.8) is 0 Å². The van der Waals surface area contributed by atoms with Gasteiger partial charge in [-0.2, -0.15) is 0 Å². The molecule has 2 aromatic rings. The zero-order valence-electron chi connectivity index (χ0n) is 10.9. The van der Waals surface area contributed by atoms with Crippen LogP contribution in [0.4, 0.5) is 0 Å². The summed E-state index contributed by atoms with van der Waals surface area (Å²) >= 11 is 0. The lowest BCUT2D eigenvalue weighted by atomic mass is 9.91. The second-order valence-electron chi connectivity index (χ2n) is 5.14. The summed E-state index contributed by atoms with van der Waals surface area (Å²) in [6.07, 6.45) is 1.23. The molecule has 1 aromatic carbocycles. The molecule has 106 valence electrons. The van der Waals surface area contributed by atoms with Crippen LogP contribution in [-0.4, -0.2) is 28.3 Å². The topological polar surface area (TPSA) is 95.2 Å². The summed E-state index contributed by atoms with van der Waals surface area (Å²) in [5, 5.41) is 10.4. The van der Waals surface area contributed by atoms with Crippen LogP contribution in [0.3, 0.4) is 0 Å². The third-order valence-corrected chi connectivity index (χ3v) is 3.73. The number of fused-ring (bicyclic) bond motifs is 1. The maximum absolute atomic E-state index is 11.3. The highest BCUT2D eigenvalue weighted by molar-refractivity contribution is 5.74. The SMILES string of the molecule is O=c1[nH]c2ccc(C(O)C3CCCOC3)cc2[nH]c1=O. The Morgan fingerprint density at radius 2 is 1.95 bits per heavy atom. The molecular weight excluding hydrogens is 260 g/mol. The molecule has 1 aliphatic rings. The van der Waals surface area contributed by atoms with Gasteiger partial charge >= 0.3 is 11.1 Å². The van der Waals surface area contributed by atoms with E-state index in [1.807, 2.05) is 0 Å². The molecule has 2 unspecified atom stereocenters. The molecule has 1 aliphatic heterocycles. The largest absolute Gasteiger partial charge is 0.388 e. The van der Waals surface area contributed by atoms with Crippen LogP contribution in [0.1, 0.15) is 24.5 Å². The molecule has 2 atom stereocenters. The number of aromatic nitrogens is 2. The predicted octanol–water partition coefficient (Wildman–Crippen LogP) is 0.676. The Morgan fingerprint density at radius 1 is 1.20 bits per heavy atom. The van der Waals surface area contributed by atoms with E-state index in [9.17, 15) is 14.7 Å². The molecule has 0 amide bonds. The molecule has 0 saturated carbocycles. The molecule has 1 aromatic heterocycles. The van der Waals surface area contributed by atoms with Crippen LogP contribution in [0.2, 0.25) is 0 Å². The van der Waals surface area contributed by atoms with E-state index in [0.29, 0.717) is 17.6 Å². The van der Waals surface area contributed by atoms with E-state index in [-0.39, 0.29) is 5.92 Å². The van der Waals surface area contributed by atoms with E-state index < -0.39 is 17.2 Å². The van der Waals surface area contributed by atoms with E-state index in [4.69, 9.17) is 4.74 Å². The summed E-state index contributed by atoms with van der Waals surface area (Å²) < 4.78 is 5.38. The summed E-state index contributed by atoms with van der Waals surface area (Å²) in [6.45, 7) is 1.29. The number of hydrogen-bond acceptors (Lipinski definition) is 4. The number of hydrogen-bond donors (Lipinski definition) is 3. The Hall–Kier alpha value is -1.92. The van der Waals surface area contributed by atoms with Crippen LogP contribution in [0.25, 0.3) is 11.0 Å². The summed E-state index contributed by atoms with van der Waals surface area (Å²) in [5.74, 6) is 0.0654. The van der Waals surface area contributed by atoms with Crippen LogP contribution in [-0.2, 0) is 4.74 Å². The van der Waals surface area contributed by atoms with Gasteiger partial charge in [-0.05, 0) is 30.5 Å². The smallest absolute Gasteiger partial charge is 0.314 e. The molecular formula is C14H16N2O4. The average Bonchev–Trinajstić information content (AvgIpc) is 2.48. The van der Waals surface area contributed by atoms with E-state index >= 15 is 0 Å². The number of rotatable bonds is 2.